The summed E-state index contributed by atoms with van der Waals surface area (Å²) in [5, 5.41) is 15.8. The number of carbonyl (C=O) groups is 2. The predicted molar refractivity (Wildman–Crippen MR) is 112 cm³/mol. The molecular weight excluding hydrogens is 386 g/mol. The fourth-order valence-electron chi connectivity index (χ4n) is 4.67. The number of carbonyl (C=O) groups excluding carboxylic acids is 2. The van der Waals surface area contributed by atoms with Gasteiger partial charge in [-0.3, -0.25) is 9.59 Å². The van der Waals surface area contributed by atoms with Gasteiger partial charge in [-0.2, -0.15) is 5.26 Å². The van der Waals surface area contributed by atoms with Gasteiger partial charge in [0.25, 0.3) is 0 Å². The Kier molecular flexibility index (Phi) is 4.68. The summed E-state index contributed by atoms with van der Waals surface area (Å²) in [7, 11) is 0. The number of anilines is 1. The van der Waals surface area contributed by atoms with Crippen molar-refractivity contribution in [3.63, 3.8) is 0 Å². The lowest BCUT2D eigenvalue weighted by Crippen LogP contribution is -2.62. The number of nitrogens with one attached hydrogen (secondary N) is 2. The summed E-state index contributed by atoms with van der Waals surface area (Å²) in [5.41, 5.74) is 2.38. The molecule has 2 amide bonds. The van der Waals surface area contributed by atoms with Crippen molar-refractivity contribution in [1.82, 2.24) is 5.32 Å². The Labute approximate surface area is 174 Å². The average molecular weight is 406 g/mol. The first kappa shape index (κ1) is 19.2. The van der Waals surface area contributed by atoms with Gasteiger partial charge in [0.1, 0.15) is 5.41 Å². The minimum atomic E-state index is -1.06. The number of amides is 2. The van der Waals surface area contributed by atoms with Gasteiger partial charge in [0.05, 0.1) is 17.7 Å². The highest BCUT2D eigenvalue weighted by Gasteiger charge is 2.61. The van der Waals surface area contributed by atoms with Crippen LogP contribution in [0, 0.1) is 11.3 Å². The van der Waals surface area contributed by atoms with E-state index in [9.17, 15) is 14.9 Å². The molecule has 146 valence electrons. The summed E-state index contributed by atoms with van der Waals surface area (Å²) < 4.78 is 0. The third kappa shape index (κ3) is 2.83. The zero-order valence-electron chi connectivity index (χ0n) is 16.0. The lowest BCUT2D eigenvalue weighted by Gasteiger charge is -2.47. The Hall–Kier alpha value is -3.10. The molecule has 2 aromatic rings. The zero-order chi connectivity index (χ0) is 20.8. The number of hydrogen-bond acceptors (Lipinski definition) is 3. The molecule has 2 N–H and O–H groups in total. The van der Waals surface area contributed by atoms with E-state index in [4.69, 9.17) is 11.6 Å². The summed E-state index contributed by atoms with van der Waals surface area (Å²) in [4.78, 5) is 26.3. The van der Waals surface area contributed by atoms with Crippen LogP contribution in [0.3, 0.4) is 0 Å². The van der Waals surface area contributed by atoms with Gasteiger partial charge in [-0.25, -0.2) is 0 Å². The van der Waals surface area contributed by atoms with Crippen LogP contribution in [0.1, 0.15) is 42.4 Å². The van der Waals surface area contributed by atoms with Gasteiger partial charge >= 0.3 is 0 Å². The van der Waals surface area contributed by atoms with Gasteiger partial charge in [-0.15, -0.1) is 0 Å². The normalized spacial score (nSPS) is 25.1. The minimum Gasteiger partial charge on any atom is -0.348 e. The SMILES string of the molecule is C=C(CC)[C@H]1NC(=O)C[C@@H](c2cccc(Cl)c2)[C@]12C(=O)Nc1cc(C#N)ccc12. The molecule has 6 heteroatoms. The van der Waals surface area contributed by atoms with Crippen LogP contribution in [0.15, 0.2) is 54.6 Å². The predicted octanol–water partition coefficient (Wildman–Crippen LogP) is 4.04. The van der Waals surface area contributed by atoms with E-state index in [1.165, 1.54) is 0 Å². The summed E-state index contributed by atoms with van der Waals surface area (Å²) in [6.07, 6.45) is 0.772. The van der Waals surface area contributed by atoms with Crippen molar-refractivity contribution in [2.75, 3.05) is 5.32 Å². The lowest BCUT2D eigenvalue weighted by atomic mass is 9.59. The molecule has 2 aromatic carbocycles. The first-order valence-corrected chi connectivity index (χ1v) is 9.88. The maximum atomic E-state index is 13.6. The van der Waals surface area contributed by atoms with Gasteiger partial charge in [-0.05, 0) is 41.8 Å². The highest BCUT2D eigenvalue weighted by molar-refractivity contribution is 6.30. The summed E-state index contributed by atoms with van der Waals surface area (Å²) >= 11 is 6.24. The number of rotatable bonds is 3. The topological polar surface area (TPSA) is 82.0 Å². The first-order chi connectivity index (χ1) is 13.9. The number of nitrogens with zero attached hydrogens (tertiary/aromatic N) is 1. The van der Waals surface area contributed by atoms with Gasteiger partial charge in [0.15, 0.2) is 0 Å². The van der Waals surface area contributed by atoms with Crippen LogP contribution in [-0.2, 0) is 15.0 Å². The number of piperidine rings is 1. The molecule has 1 spiro atoms. The standard InChI is InChI=1S/C23H20ClN3O2/c1-3-13(2)21-23(17-8-7-14(12-25)9-19(17)26-22(23)29)18(11-20(28)27-21)15-5-4-6-16(24)10-15/h4-10,18,21H,2-3,11H2,1H3,(H,26,29)(H,27,28)/t18-,21+,23-/m0/s1. The number of hydrogen-bond donors (Lipinski definition) is 2. The van der Waals surface area contributed by atoms with E-state index >= 15 is 0 Å². The van der Waals surface area contributed by atoms with Gasteiger partial charge in [0, 0.05) is 23.0 Å². The largest absolute Gasteiger partial charge is 0.348 e. The van der Waals surface area contributed by atoms with Crippen molar-refractivity contribution in [3.05, 3.63) is 76.3 Å². The van der Waals surface area contributed by atoms with Crippen LogP contribution in [0.25, 0.3) is 0 Å². The molecule has 1 fully saturated rings. The average Bonchev–Trinajstić information content (AvgIpc) is 3.00. The van der Waals surface area contributed by atoms with Crippen molar-refractivity contribution in [2.24, 2.45) is 0 Å². The monoisotopic (exact) mass is 405 g/mol. The van der Waals surface area contributed by atoms with Crippen LogP contribution in [0.5, 0.6) is 0 Å². The van der Waals surface area contributed by atoms with Crippen LogP contribution >= 0.6 is 11.6 Å². The Morgan fingerprint density at radius 3 is 2.79 bits per heavy atom. The molecule has 0 radical (unpaired) electrons. The first-order valence-electron chi connectivity index (χ1n) is 9.50. The van der Waals surface area contributed by atoms with Crippen molar-refractivity contribution < 1.29 is 9.59 Å². The zero-order valence-corrected chi connectivity index (χ0v) is 16.7. The molecule has 0 bridgehead atoms. The van der Waals surface area contributed by atoms with E-state index in [1.807, 2.05) is 31.2 Å². The molecule has 2 heterocycles. The molecule has 0 aliphatic carbocycles. The third-order valence-corrected chi connectivity index (χ3v) is 6.27. The van der Waals surface area contributed by atoms with Crippen molar-refractivity contribution >= 4 is 29.1 Å². The number of fused-ring (bicyclic) bond motifs is 2. The van der Waals surface area contributed by atoms with Crippen LogP contribution < -0.4 is 10.6 Å². The second kappa shape index (κ2) is 7.06. The molecule has 29 heavy (non-hydrogen) atoms. The fourth-order valence-corrected chi connectivity index (χ4v) is 4.87. The second-order valence-electron chi connectivity index (χ2n) is 7.52. The van der Waals surface area contributed by atoms with E-state index in [1.54, 1.807) is 18.2 Å². The highest BCUT2D eigenvalue weighted by atomic mass is 35.5. The smallest absolute Gasteiger partial charge is 0.238 e. The van der Waals surface area contributed by atoms with E-state index in [0.717, 1.165) is 16.7 Å². The Morgan fingerprint density at radius 1 is 1.31 bits per heavy atom. The lowest BCUT2D eigenvalue weighted by molar-refractivity contribution is -0.130. The molecule has 2 aliphatic rings. The Balaban J connectivity index is 2.01. The van der Waals surface area contributed by atoms with Crippen LogP contribution in [0.2, 0.25) is 5.02 Å². The molecular formula is C23H20ClN3O2. The van der Waals surface area contributed by atoms with E-state index < -0.39 is 17.4 Å². The molecule has 2 aliphatic heterocycles. The van der Waals surface area contributed by atoms with Crippen LogP contribution in [-0.4, -0.2) is 17.9 Å². The molecule has 3 atom stereocenters. The summed E-state index contributed by atoms with van der Waals surface area (Å²) in [5.74, 6) is -0.750. The molecule has 0 unspecified atom stereocenters. The number of halogens is 1. The number of nitriles is 1. The van der Waals surface area contributed by atoms with Gasteiger partial charge in [0.2, 0.25) is 11.8 Å². The third-order valence-electron chi connectivity index (χ3n) is 6.03. The molecule has 1 saturated heterocycles. The maximum absolute atomic E-state index is 13.6. The number of benzene rings is 2. The Bertz CT molecular complexity index is 1090. The minimum absolute atomic E-state index is 0.130. The van der Waals surface area contributed by atoms with Gasteiger partial charge in [-0.1, -0.05) is 48.9 Å². The maximum Gasteiger partial charge on any atom is 0.238 e. The second-order valence-corrected chi connectivity index (χ2v) is 7.96. The van der Waals surface area contributed by atoms with E-state index in [2.05, 4.69) is 23.3 Å². The molecule has 5 nitrogen and oxygen atoms in total. The van der Waals surface area contributed by atoms with E-state index in [-0.39, 0.29) is 18.2 Å². The van der Waals surface area contributed by atoms with Crippen molar-refractivity contribution in [3.8, 4) is 6.07 Å². The van der Waals surface area contributed by atoms with Crippen LogP contribution in [0.4, 0.5) is 5.69 Å². The van der Waals surface area contributed by atoms with Crippen molar-refractivity contribution in [1.29, 1.82) is 5.26 Å². The quantitative estimate of drug-likeness (QED) is 0.756. The molecule has 0 aromatic heterocycles. The summed E-state index contributed by atoms with van der Waals surface area (Å²) in [6.45, 7) is 6.12. The Morgan fingerprint density at radius 2 is 2.10 bits per heavy atom. The molecule has 4 rings (SSSR count). The fraction of sp³-hybridized carbons (Fsp3) is 0.261. The summed E-state index contributed by atoms with van der Waals surface area (Å²) in [6, 6.07) is 14.1. The highest BCUT2D eigenvalue weighted by Crippen LogP contribution is 2.54. The molecule has 0 saturated carbocycles. The van der Waals surface area contributed by atoms with Crippen molar-refractivity contribution in [2.45, 2.75) is 37.1 Å². The van der Waals surface area contributed by atoms with E-state index in [0.29, 0.717) is 22.7 Å². The van der Waals surface area contributed by atoms with Gasteiger partial charge < -0.3 is 10.6 Å².